The van der Waals surface area contributed by atoms with E-state index >= 15 is 0 Å². The number of amides is 1. The van der Waals surface area contributed by atoms with Crippen molar-refractivity contribution in [2.75, 3.05) is 13.1 Å². The second kappa shape index (κ2) is 23.2. The van der Waals surface area contributed by atoms with Gasteiger partial charge >= 0.3 is 29.6 Å². The first-order chi connectivity index (χ1) is 10.0. The summed E-state index contributed by atoms with van der Waals surface area (Å²) >= 11 is 0. The number of carboxylic acid groups (broad SMARTS) is 1. The minimum atomic E-state index is -1.08. The third-order valence-corrected chi connectivity index (χ3v) is 2.97. The summed E-state index contributed by atoms with van der Waals surface area (Å²) in [6.07, 6.45) is 12.3. The van der Waals surface area contributed by atoms with E-state index in [-0.39, 0.29) is 35.5 Å². The number of aliphatic carboxylic acids is 1. The van der Waals surface area contributed by atoms with Gasteiger partial charge in [0.05, 0.1) is 0 Å². The summed E-state index contributed by atoms with van der Waals surface area (Å²) in [7, 11) is 0. The topological polar surface area (TPSA) is 95.2 Å². The molecule has 22 heavy (non-hydrogen) atoms. The molecule has 0 heterocycles. The fourth-order valence-electron chi connectivity index (χ4n) is 1.90. The van der Waals surface area contributed by atoms with Gasteiger partial charge in [0.1, 0.15) is 0 Å². The predicted octanol–water partition coefficient (Wildman–Crippen LogP) is -1.26. The molecule has 3 N–H and O–H groups in total. The summed E-state index contributed by atoms with van der Waals surface area (Å²) in [5.74, 6) is -0.932. The molecule has 0 spiro atoms. The molecule has 0 aliphatic carbocycles. The van der Waals surface area contributed by atoms with Gasteiger partial charge in [0.25, 0.3) is 0 Å². The number of hydrogen-bond acceptors (Lipinski definition) is 4. The maximum atomic E-state index is 11.2. The van der Waals surface area contributed by atoms with E-state index in [0.717, 1.165) is 13.3 Å². The van der Waals surface area contributed by atoms with Crippen LogP contribution in [0.25, 0.3) is 0 Å². The van der Waals surface area contributed by atoms with E-state index in [4.69, 9.17) is 15.6 Å². The number of hydrogen-bond donors (Lipinski definition) is 2. The van der Waals surface area contributed by atoms with Gasteiger partial charge in [-0.2, -0.15) is 0 Å². The number of carbonyl (C=O) groups is 2. The summed E-state index contributed by atoms with van der Waals surface area (Å²) in [5.41, 5.74) is 5.31. The standard InChI is InChI=1S/C14H30N2O.C2H4O2.Na/c1-2-3-4-5-6-7-8-9-10-11-14(17)16-13-12-15;1-2(3)4;/h2-13,15H2,1H3,(H,16,17);1H3,(H,3,4);/q;;+1/p-1. The van der Waals surface area contributed by atoms with Gasteiger partial charge in [-0.05, 0) is 13.3 Å². The molecule has 126 valence electrons. The first-order valence-electron chi connectivity index (χ1n) is 8.18. The number of rotatable bonds is 12. The van der Waals surface area contributed by atoms with Crippen LogP contribution in [0.1, 0.15) is 78.1 Å². The number of nitrogens with two attached hydrogens (primary N) is 1. The fraction of sp³-hybridized carbons (Fsp3) is 0.875. The third kappa shape index (κ3) is 32.0. The molecule has 0 saturated carbocycles. The van der Waals surface area contributed by atoms with Gasteiger partial charge in [0, 0.05) is 25.5 Å². The van der Waals surface area contributed by atoms with E-state index in [2.05, 4.69) is 12.2 Å². The molecule has 0 radical (unpaired) electrons. The van der Waals surface area contributed by atoms with E-state index in [9.17, 15) is 4.79 Å². The Bertz CT molecular complexity index is 248. The Hall–Kier alpha value is -0.100. The summed E-state index contributed by atoms with van der Waals surface area (Å²) in [5, 5.41) is 11.7. The fourth-order valence-corrected chi connectivity index (χ4v) is 1.90. The molecule has 5 nitrogen and oxygen atoms in total. The minimum Gasteiger partial charge on any atom is -0.550 e. The molecular formula is C16H33N2NaO3. The van der Waals surface area contributed by atoms with Crippen LogP contribution in [0, 0.1) is 0 Å². The molecule has 0 bridgehead atoms. The van der Waals surface area contributed by atoms with Gasteiger partial charge in [-0.1, -0.05) is 58.3 Å². The second-order valence-electron chi connectivity index (χ2n) is 5.21. The number of carbonyl (C=O) groups excluding carboxylic acids is 2. The van der Waals surface area contributed by atoms with Gasteiger partial charge in [-0.3, -0.25) is 4.79 Å². The van der Waals surface area contributed by atoms with E-state index in [1.165, 1.54) is 51.4 Å². The predicted molar refractivity (Wildman–Crippen MR) is 84.6 cm³/mol. The van der Waals surface area contributed by atoms with Crippen LogP contribution in [0.3, 0.4) is 0 Å². The van der Waals surface area contributed by atoms with Crippen LogP contribution in [0.4, 0.5) is 0 Å². The van der Waals surface area contributed by atoms with Crippen LogP contribution in [0.2, 0.25) is 0 Å². The van der Waals surface area contributed by atoms with Crippen molar-refractivity contribution >= 4 is 11.9 Å². The van der Waals surface area contributed by atoms with Gasteiger partial charge in [-0.25, -0.2) is 0 Å². The molecule has 0 aromatic carbocycles. The molecular weight excluding hydrogens is 291 g/mol. The zero-order chi connectivity index (χ0) is 16.3. The van der Waals surface area contributed by atoms with Gasteiger partial charge in [0.15, 0.2) is 0 Å². The SMILES string of the molecule is CC(=O)[O-].CCCCCCCCCCCC(=O)NCCN.[Na+]. The molecule has 0 aromatic heterocycles. The van der Waals surface area contributed by atoms with E-state index in [0.29, 0.717) is 19.5 Å². The Morgan fingerprint density at radius 2 is 1.36 bits per heavy atom. The number of nitrogens with one attached hydrogen (secondary N) is 1. The van der Waals surface area contributed by atoms with Crippen molar-refractivity contribution in [1.82, 2.24) is 5.32 Å². The van der Waals surface area contributed by atoms with E-state index in [1.54, 1.807) is 0 Å². The second-order valence-corrected chi connectivity index (χ2v) is 5.21. The molecule has 0 aromatic rings. The molecule has 0 rings (SSSR count). The zero-order valence-corrected chi connectivity index (χ0v) is 16.8. The van der Waals surface area contributed by atoms with Crippen LogP contribution in [-0.4, -0.2) is 25.0 Å². The van der Waals surface area contributed by atoms with Crippen molar-refractivity contribution in [2.24, 2.45) is 5.73 Å². The van der Waals surface area contributed by atoms with Crippen LogP contribution in [0.5, 0.6) is 0 Å². The van der Waals surface area contributed by atoms with Crippen LogP contribution < -0.4 is 45.7 Å². The Morgan fingerprint density at radius 1 is 0.955 bits per heavy atom. The average Bonchev–Trinajstić information content (AvgIpc) is 2.42. The largest absolute Gasteiger partial charge is 1.00 e. The average molecular weight is 324 g/mol. The molecule has 0 aliphatic heterocycles. The molecule has 6 heteroatoms. The number of unbranched alkanes of at least 4 members (excludes halogenated alkanes) is 8. The molecule has 0 atom stereocenters. The maximum absolute atomic E-state index is 11.2. The van der Waals surface area contributed by atoms with E-state index < -0.39 is 5.97 Å². The molecule has 0 saturated heterocycles. The quantitative estimate of drug-likeness (QED) is 0.346. The van der Waals surface area contributed by atoms with Crippen LogP contribution >= 0.6 is 0 Å². The zero-order valence-electron chi connectivity index (χ0n) is 14.8. The van der Waals surface area contributed by atoms with Crippen LogP contribution in [0.15, 0.2) is 0 Å². The Kier molecular flexibility index (Phi) is 28.2. The van der Waals surface area contributed by atoms with Crippen molar-refractivity contribution in [3.63, 3.8) is 0 Å². The Morgan fingerprint density at radius 3 is 1.77 bits per heavy atom. The van der Waals surface area contributed by atoms with Crippen molar-refractivity contribution in [3.8, 4) is 0 Å². The van der Waals surface area contributed by atoms with Crippen molar-refractivity contribution < 1.29 is 44.3 Å². The smallest absolute Gasteiger partial charge is 0.550 e. The summed E-state index contributed by atoms with van der Waals surface area (Å²) in [6.45, 7) is 4.36. The summed E-state index contributed by atoms with van der Waals surface area (Å²) in [6, 6.07) is 0. The monoisotopic (exact) mass is 324 g/mol. The van der Waals surface area contributed by atoms with E-state index in [1.807, 2.05) is 0 Å². The molecule has 0 aliphatic rings. The molecule has 1 amide bonds. The van der Waals surface area contributed by atoms with Crippen molar-refractivity contribution in [3.05, 3.63) is 0 Å². The minimum absolute atomic E-state index is 0. The summed E-state index contributed by atoms with van der Waals surface area (Å²) in [4.78, 5) is 20.1. The Balaban J connectivity index is -0.000000640. The first-order valence-corrected chi connectivity index (χ1v) is 8.18. The Labute approximate surface area is 158 Å². The molecule has 0 fully saturated rings. The van der Waals surface area contributed by atoms with Crippen molar-refractivity contribution in [2.45, 2.75) is 78.1 Å². The van der Waals surface area contributed by atoms with Gasteiger partial charge in [-0.15, -0.1) is 0 Å². The van der Waals surface area contributed by atoms with Crippen molar-refractivity contribution in [1.29, 1.82) is 0 Å². The summed E-state index contributed by atoms with van der Waals surface area (Å²) < 4.78 is 0. The first kappa shape index (κ1) is 26.8. The van der Waals surface area contributed by atoms with Crippen LogP contribution in [-0.2, 0) is 9.59 Å². The molecule has 0 unspecified atom stereocenters. The maximum Gasteiger partial charge on any atom is 1.00 e. The van der Waals surface area contributed by atoms with Gasteiger partial charge < -0.3 is 21.0 Å². The van der Waals surface area contributed by atoms with Gasteiger partial charge in [0.2, 0.25) is 5.91 Å². The third-order valence-electron chi connectivity index (χ3n) is 2.97. The normalized spacial score (nSPS) is 9.23. The number of carboxylic acids is 1.